The molecule has 0 aliphatic carbocycles. The number of ketones is 4. The fourth-order valence-corrected chi connectivity index (χ4v) is 3.64. The quantitative estimate of drug-likeness (QED) is 0.235. The zero-order valence-electron chi connectivity index (χ0n) is 15.4. The Bertz CT molecular complexity index is 932. The summed E-state index contributed by atoms with van der Waals surface area (Å²) in [7, 11) is 0. The first-order valence-electron chi connectivity index (χ1n) is 8.28. The van der Waals surface area contributed by atoms with Crippen molar-refractivity contribution in [1.29, 1.82) is 0 Å². The van der Waals surface area contributed by atoms with Crippen LogP contribution in [0.2, 0.25) is 0 Å². The van der Waals surface area contributed by atoms with Crippen LogP contribution in [0.5, 0.6) is 0 Å². The summed E-state index contributed by atoms with van der Waals surface area (Å²) in [6.45, 7) is 0. The number of halogens is 8. The molecule has 14 heteroatoms. The maximum atomic E-state index is 13.9. The Morgan fingerprint density at radius 2 is 0.938 bits per heavy atom. The van der Waals surface area contributed by atoms with Crippen molar-refractivity contribution in [3.05, 3.63) is 44.8 Å². The highest BCUT2D eigenvalue weighted by Gasteiger charge is 2.83. The van der Waals surface area contributed by atoms with E-state index >= 15 is 0 Å². The lowest BCUT2D eigenvalue weighted by atomic mass is 9.91. The highest BCUT2D eigenvalue weighted by Crippen LogP contribution is 2.53. The van der Waals surface area contributed by atoms with E-state index in [-0.39, 0.29) is 9.75 Å². The minimum absolute atomic E-state index is 0.336. The van der Waals surface area contributed by atoms with Gasteiger partial charge in [0.05, 0.1) is 22.6 Å². The van der Waals surface area contributed by atoms with E-state index in [1.165, 1.54) is 22.9 Å². The first kappa shape index (κ1) is 25.8. The van der Waals surface area contributed by atoms with Crippen LogP contribution >= 0.6 is 22.7 Å². The number of hydrogen-bond acceptors (Lipinski definition) is 6. The van der Waals surface area contributed by atoms with Gasteiger partial charge < -0.3 is 0 Å². The minimum Gasteiger partial charge on any atom is -0.293 e. The lowest BCUT2D eigenvalue weighted by Crippen LogP contribution is -2.66. The van der Waals surface area contributed by atoms with Gasteiger partial charge in [0.15, 0.2) is 11.6 Å². The summed E-state index contributed by atoms with van der Waals surface area (Å²) in [5.74, 6) is -36.0. The third-order valence-electron chi connectivity index (χ3n) is 4.12. The van der Waals surface area contributed by atoms with Gasteiger partial charge in [-0.05, 0) is 22.9 Å². The third-order valence-corrected chi connectivity index (χ3v) is 5.94. The molecule has 32 heavy (non-hydrogen) atoms. The molecule has 0 aliphatic rings. The molecular formula is C18H10F8O4S2. The van der Waals surface area contributed by atoms with Gasteiger partial charge in [-0.25, -0.2) is 0 Å². The fraction of sp³-hybridized carbons (Fsp3) is 0.333. The Kier molecular flexibility index (Phi) is 7.10. The fourth-order valence-electron chi connectivity index (χ4n) is 2.31. The van der Waals surface area contributed by atoms with Gasteiger partial charge in [0.1, 0.15) is 0 Å². The summed E-state index contributed by atoms with van der Waals surface area (Å²) < 4.78 is 112. The van der Waals surface area contributed by atoms with Crippen molar-refractivity contribution in [2.45, 2.75) is 36.5 Å². The van der Waals surface area contributed by atoms with Crippen LogP contribution in [0, 0.1) is 0 Å². The van der Waals surface area contributed by atoms with E-state index in [1.54, 1.807) is 0 Å². The van der Waals surface area contributed by atoms with E-state index in [0.29, 0.717) is 22.7 Å². The second kappa shape index (κ2) is 8.81. The predicted molar refractivity (Wildman–Crippen MR) is 96.3 cm³/mol. The molecule has 0 N–H and O–H groups in total. The SMILES string of the molecule is O=C(CC(=O)C(F)(F)C(F)(F)C(F)(F)C(F)(F)C(=O)CC(=O)c1cccs1)c1cccs1. The monoisotopic (exact) mass is 506 g/mol. The van der Waals surface area contributed by atoms with Gasteiger partial charge >= 0.3 is 23.7 Å². The van der Waals surface area contributed by atoms with Gasteiger partial charge in [-0.1, -0.05) is 12.1 Å². The molecular weight excluding hydrogens is 496 g/mol. The Labute approximate surface area is 181 Å². The van der Waals surface area contributed by atoms with Crippen molar-refractivity contribution in [2.24, 2.45) is 0 Å². The molecule has 4 nitrogen and oxygen atoms in total. The van der Waals surface area contributed by atoms with Gasteiger partial charge in [-0.3, -0.25) is 19.2 Å². The molecule has 0 aliphatic heterocycles. The summed E-state index contributed by atoms with van der Waals surface area (Å²) in [6, 6.07) is 4.55. The molecule has 0 radical (unpaired) electrons. The highest BCUT2D eigenvalue weighted by molar-refractivity contribution is 7.12. The first-order chi connectivity index (χ1) is 14.6. The van der Waals surface area contributed by atoms with Gasteiger partial charge in [-0.15, -0.1) is 22.7 Å². The zero-order valence-corrected chi connectivity index (χ0v) is 17.0. The van der Waals surface area contributed by atoms with Crippen molar-refractivity contribution in [3.63, 3.8) is 0 Å². The van der Waals surface area contributed by atoms with Gasteiger partial charge in [0, 0.05) is 0 Å². The van der Waals surface area contributed by atoms with Crippen molar-refractivity contribution in [1.82, 2.24) is 0 Å². The van der Waals surface area contributed by atoms with E-state index in [2.05, 4.69) is 0 Å². The molecule has 0 unspecified atom stereocenters. The molecule has 2 aromatic rings. The number of carbonyl (C=O) groups excluding carboxylic acids is 4. The highest BCUT2D eigenvalue weighted by atomic mass is 32.1. The van der Waals surface area contributed by atoms with E-state index in [0.717, 1.165) is 12.1 Å². The van der Waals surface area contributed by atoms with Crippen molar-refractivity contribution in [3.8, 4) is 0 Å². The summed E-state index contributed by atoms with van der Waals surface area (Å²) in [5.41, 5.74) is 0. The number of thiophene rings is 2. The molecule has 0 aromatic carbocycles. The predicted octanol–water partition coefficient (Wildman–Crippen LogP) is 5.33. The molecule has 0 fully saturated rings. The summed E-state index contributed by atoms with van der Waals surface area (Å²) in [4.78, 5) is 45.7. The maximum Gasteiger partial charge on any atom is 0.386 e. The number of carbonyl (C=O) groups is 4. The minimum atomic E-state index is -7.07. The Morgan fingerprint density at radius 1 is 0.625 bits per heavy atom. The van der Waals surface area contributed by atoms with Crippen molar-refractivity contribution >= 4 is 45.8 Å². The first-order valence-corrected chi connectivity index (χ1v) is 10.0. The second-order valence-electron chi connectivity index (χ2n) is 6.30. The average Bonchev–Trinajstić information content (AvgIpc) is 3.41. The van der Waals surface area contributed by atoms with Crippen LogP contribution in [0.4, 0.5) is 35.1 Å². The Hall–Kier alpha value is -2.48. The zero-order chi connectivity index (χ0) is 24.5. The van der Waals surface area contributed by atoms with Crippen LogP contribution in [-0.4, -0.2) is 46.8 Å². The van der Waals surface area contributed by atoms with Gasteiger partial charge in [0.25, 0.3) is 0 Å². The average molecular weight is 506 g/mol. The molecule has 0 saturated heterocycles. The smallest absolute Gasteiger partial charge is 0.293 e. The van der Waals surface area contributed by atoms with Crippen LogP contribution in [0.25, 0.3) is 0 Å². The summed E-state index contributed by atoms with van der Waals surface area (Å²) in [6.07, 6.45) is -3.95. The Balaban J connectivity index is 2.27. The molecule has 2 heterocycles. The number of rotatable bonds is 11. The van der Waals surface area contributed by atoms with E-state index < -0.39 is 59.7 Å². The largest absolute Gasteiger partial charge is 0.386 e. The second-order valence-corrected chi connectivity index (χ2v) is 8.19. The van der Waals surface area contributed by atoms with Crippen LogP contribution in [0.15, 0.2) is 35.0 Å². The van der Waals surface area contributed by atoms with E-state index in [1.807, 2.05) is 0 Å². The molecule has 174 valence electrons. The molecule has 2 rings (SSSR count). The van der Waals surface area contributed by atoms with Crippen LogP contribution in [0.1, 0.15) is 32.2 Å². The molecule has 0 spiro atoms. The van der Waals surface area contributed by atoms with Crippen LogP contribution in [0.3, 0.4) is 0 Å². The molecule has 2 aromatic heterocycles. The van der Waals surface area contributed by atoms with E-state index in [9.17, 15) is 54.3 Å². The molecule has 0 saturated carbocycles. The van der Waals surface area contributed by atoms with Crippen LogP contribution < -0.4 is 0 Å². The third kappa shape index (κ3) is 4.37. The number of hydrogen-bond donors (Lipinski definition) is 0. The standard InChI is InChI=1S/C18H10F8O4S2/c19-15(20,13(29)7-9(27)11-3-1-5-31-11)17(23,24)18(25,26)16(21,22)14(30)8-10(28)12-4-2-6-32-12/h1-6H,7-8H2. The van der Waals surface area contributed by atoms with Crippen molar-refractivity contribution < 1.29 is 54.3 Å². The number of Topliss-reactive ketones (excluding diaryl/α,β-unsaturated/α-hetero) is 4. The lowest BCUT2D eigenvalue weighted by molar-refractivity contribution is -0.346. The normalized spacial score (nSPS) is 13.1. The molecule has 0 amide bonds. The van der Waals surface area contributed by atoms with Gasteiger partial charge in [0.2, 0.25) is 11.6 Å². The summed E-state index contributed by atoms with van der Waals surface area (Å²) >= 11 is 1.26. The molecule has 0 bridgehead atoms. The topological polar surface area (TPSA) is 68.3 Å². The van der Waals surface area contributed by atoms with Gasteiger partial charge in [-0.2, -0.15) is 35.1 Å². The summed E-state index contributed by atoms with van der Waals surface area (Å²) in [5, 5.41) is 2.53. The number of alkyl halides is 8. The maximum absolute atomic E-state index is 13.9. The Morgan fingerprint density at radius 3 is 1.19 bits per heavy atom. The molecule has 0 atom stereocenters. The van der Waals surface area contributed by atoms with Crippen LogP contribution in [-0.2, 0) is 9.59 Å². The van der Waals surface area contributed by atoms with Crippen molar-refractivity contribution in [2.75, 3.05) is 0 Å². The lowest BCUT2D eigenvalue weighted by Gasteiger charge is -2.35. The van der Waals surface area contributed by atoms with E-state index in [4.69, 9.17) is 0 Å².